The normalized spacial score (nSPS) is 11.4. The number of nitrogens with one attached hydrogen (secondary N) is 2. The van der Waals surface area contributed by atoms with Crippen molar-refractivity contribution in [3.63, 3.8) is 0 Å². The zero-order valence-electron chi connectivity index (χ0n) is 15.1. The van der Waals surface area contributed by atoms with Gasteiger partial charge in [0.25, 0.3) is 11.8 Å². The molecule has 2 aromatic carbocycles. The second kappa shape index (κ2) is 8.33. The molecule has 0 bridgehead atoms. The molecule has 2 amide bonds. The quantitative estimate of drug-likeness (QED) is 0.804. The van der Waals surface area contributed by atoms with Crippen LogP contribution in [-0.2, 0) is 4.79 Å². The molecule has 0 heterocycles. The molecule has 0 radical (unpaired) electrons. The minimum Gasteiger partial charge on any atom is -0.496 e. The predicted octanol–water partition coefficient (Wildman–Crippen LogP) is 2.68. The zero-order chi connectivity index (χ0) is 19.3. The van der Waals surface area contributed by atoms with Crippen LogP contribution in [0.1, 0.15) is 28.4 Å². The topological polar surface area (TPSA) is 76.7 Å². The van der Waals surface area contributed by atoms with Crippen LogP contribution in [0.5, 0.6) is 11.5 Å². The number of hydrazine groups is 1. The molecule has 0 saturated carbocycles. The lowest BCUT2D eigenvalue weighted by Crippen LogP contribution is -2.47. The van der Waals surface area contributed by atoms with Crippen LogP contribution in [0.2, 0.25) is 0 Å². The van der Waals surface area contributed by atoms with E-state index in [2.05, 4.69) is 10.9 Å². The van der Waals surface area contributed by atoms with Gasteiger partial charge < -0.3 is 9.47 Å². The van der Waals surface area contributed by atoms with E-state index in [1.807, 2.05) is 26.0 Å². The van der Waals surface area contributed by atoms with Crippen molar-refractivity contribution < 1.29 is 23.5 Å². The summed E-state index contributed by atoms with van der Waals surface area (Å²) in [5.41, 5.74) is 6.44. The van der Waals surface area contributed by atoms with E-state index in [-0.39, 0.29) is 11.3 Å². The van der Waals surface area contributed by atoms with Crippen LogP contribution in [0.4, 0.5) is 4.39 Å². The van der Waals surface area contributed by atoms with Crippen LogP contribution in [-0.4, -0.2) is 25.0 Å². The van der Waals surface area contributed by atoms with Gasteiger partial charge in [-0.25, -0.2) is 4.39 Å². The van der Waals surface area contributed by atoms with Crippen molar-refractivity contribution in [1.29, 1.82) is 0 Å². The molecular formula is C19H21FN2O4. The second-order valence-electron chi connectivity index (χ2n) is 5.75. The van der Waals surface area contributed by atoms with Gasteiger partial charge in [0, 0.05) is 0 Å². The van der Waals surface area contributed by atoms with Crippen LogP contribution in [0, 0.1) is 19.7 Å². The Morgan fingerprint density at radius 2 is 1.81 bits per heavy atom. The van der Waals surface area contributed by atoms with Gasteiger partial charge in [-0.05, 0) is 56.2 Å². The maximum atomic E-state index is 13.3. The molecule has 1 atom stereocenters. The van der Waals surface area contributed by atoms with Crippen LogP contribution >= 0.6 is 0 Å². The Kier molecular flexibility index (Phi) is 6.16. The highest BCUT2D eigenvalue weighted by molar-refractivity contribution is 5.98. The van der Waals surface area contributed by atoms with Crippen molar-refractivity contribution in [2.45, 2.75) is 26.9 Å². The highest BCUT2D eigenvalue weighted by Crippen LogP contribution is 2.22. The molecule has 6 nitrogen and oxygen atoms in total. The zero-order valence-corrected chi connectivity index (χ0v) is 15.1. The predicted molar refractivity (Wildman–Crippen MR) is 94.6 cm³/mol. The number of halogens is 1. The summed E-state index contributed by atoms with van der Waals surface area (Å²) in [5.74, 6) is -1.05. The molecule has 0 aliphatic rings. The van der Waals surface area contributed by atoms with Crippen LogP contribution < -0.4 is 20.3 Å². The largest absolute Gasteiger partial charge is 0.496 e. The smallest absolute Gasteiger partial charge is 0.279 e. The average molecular weight is 360 g/mol. The van der Waals surface area contributed by atoms with Gasteiger partial charge in [-0.3, -0.25) is 20.4 Å². The first-order valence-electron chi connectivity index (χ1n) is 8.00. The number of ether oxygens (including phenoxy) is 2. The number of methoxy groups -OCH3 is 1. The number of hydrogen-bond donors (Lipinski definition) is 2. The number of carbonyl (C=O) groups excluding carboxylic acids is 2. The molecule has 26 heavy (non-hydrogen) atoms. The van der Waals surface area contributed by atoms with Crippen molar-refractivity contribution in [3.05, 3.63) is 58.9 Å². The number of carbonyl (C=O) groups is 2. The van der Waals surface area contributed by atoms with Crippen molar-refractivity contribution in [2.24, 2.45) is 0 Å². The van der Waals surface area contributed by atoms with Crippen LogP contribution in [0.15, 0.2) is 36.4 Å². The summed E-state index contributed by atoms with van der Waals surface area (Å²) in [7, 11) is 1.36. The average Bonchev–Trinajstić information content (AvgIpc) is 2.63. The molecule has 2 aromatic rings. The molecule has 0 aliphatic heterocycles. The first kappa shape index (κ1) is 19.2. The van der Waals surface area contributed by atoms with Gasteiger partial charge in [0.1, 0.15) is 17.3 Å². The minimum atomic E-state index is -0.842. The van der Waals surface area contributed by atoms with Gasteiger partial charge >= 0.3 is 0 Å². The SMILES string of the molecule is COc1ccc(F)cc1C(=O)NNC(=O)C(C)Oc1cccc(C)c1C. The summed E-state index contributed by atoms with van der Waals surface area (Å²) >= 11 is 0. The van der Waals surface area contributed by atoms with Gasteiger partial charge in [0.05, 0.1) is 12.7 Å². The summed E-state index contributed by atoms with van der Waals surface area (Å²) in [5, 5.41) is 0. The van der Waals surface area contributed by atoms with Crippen molar-refractivity contribution >= 4 is 11.8 Å². The third kappa shape index (κ3) is 4.50. The molecule has 0 fully saturated rings. The van der Waals surface area contributed by atoms with Gasteiger partial charge in [-0.2, -0.15) is 0 Å². The highest BCUT2D eigenvalue weighted by atomic mass is 19.1. The third-order valence-corrected chi connectivity index (χ3v) is 3.93. The standard InChI is InChI=1S/C19H21FN2O4/c1-11-6-5-7-16(12(11)2)26-13(3)18(23)21-22-19(24)15-10-14(20)8-9-17(15)25-4/h5-10,13H,1-4H3,(H,21,23)(H,22,24). The molecular weight excluding hydrogens is 339 g/mol. The number of aryl methyl sites for hydroxylation is 1. The number of hydrogen-bond acceptors (Lipinski definition) is 4. The fourth-order valence-electron chi connectivity index (χ4n) is 2.24. The third-order valence-electron chi connectivity index (χ3n) is 3.93. The Balaban J connectivity index is 1.98. The van der Waals surface area contributed by atoms with E-state index in [9.17, 15) is 14.0 Å². The molecule has 2 rings (SSSR count). The highest BCUT2D eigenvalue weighted by Gasteiger charge is 2.19. The fourth-order valence-corrected chi connectivity index (χ4v) is 2.24. The van der Waals surface area contributed by atoms with Crippen molar-refractivity contribution in [3.8, 4) is 11.5 Å². The first-order chi connectivity index (χ1) is 12.3. The van der Waals surface area contributed by atoms with E-state index in [0.29, 0.717) is 5.75 Å². The molecule has 2 N–H and O–H groups in total. The Bertz CT molecular complexity index is 823. The lowest BCUT2D eigenvalue weighted by atomic mass is 10.1. The number of benzene rings is 2. The maximum absolute atomic E-state index is 13.3. The van der Waals surface area contributed by atoms with Crippen LogP contribution in [0.25, 0.3) is 0 Å². The van der Waals surface area contributed by atoms with Gasteiger partial charge in [0.2, 0.25) is 0 Å². The number of rotatable bonds is 5. The van der Waals surface area contributed by atoms with Gasteiger partial charge in [0.15, 0.2) is 6.10 Å². The summed E-state index contributed by atoms with van der Waals surface area (Å²) in [4.78, 5) is 24.3. The van der Waals surface area contributed by atoms with E-state index in [1.54, 1.807) is 13.0 Å². The van der Waals surface area contributed by atoms with E-state index in [1.165, 1.54) is 19.2 Å². The molecule has 1 unspecified atom stereocenters. The summed E-state index contributed by atoms with van der Waals surface area (Å²) in [6, 6.07) is 9.07. The van der Waals surface area contributed by atoms with Crippen molar-refractivity contribution in [1.82, 2.24) is 10.9 Å². The number of amides is 2. The maximum Gasteiger partial charge on any atom is 0.279 e. The first-order valence-corrected chi connectivity index (χ1v) is 8.00. The summed E-state index contributed by atoms with van der Waals surface area (Å²) < 4.78 is 24.0. The van der Waals surface area contributed by atoms with Crippen LogP contribution in [0.3, 0.4) is 0 Å². The van der Waals surface area contributed by atoms with Gasteiger partial charge in [-0.1, -0.05) is 12.1 Å². The lowest BCUT2D eigenvalue weighted by Gasteiger charge is -2.17. The second-order valence-corrected chi connectivity index (χ2v) is 5.75. The fraction of sp³-hybridized carbons (Fsp3) is 0.263. The summed E-state index contributed by atoms with van der Waals surface area (Å²) in [6.45, 7) is 5.40. The van der Waals surface area contributed by atoms with E-state index < -0.39 is 23.7 Å². The Labute approximate surface area is 151 Å². The Morgan fingerprint density at radius 1 is 1.08 bits per heavy atom. The van der Waals surface area contributed by atoms with Gasteiger partial charge in [-0.15, -0.1) is 0 Å². The van der Waals surface area contributed by atoms with E-state index in [4.69, 9.17) is 9.47 Å². The summed E-state index contributed by atoms with van der Waals surface area (Å²) in [6.07, 6.45) is -0.842. The molecule has 0 spiro atoms. The van der Waals surface area contributed by atoms with E-state index in [0.717, 1.165) is 17.2 Å². The molecule has 0 saturated heterocycles. The molecule has 7 heteroatoms. The Hall–Kier alpha value is -3.09. The minimum absolute atomic E-state index is 0.0316. The Morgan fingerprint density at radius 3 is 2.50 bits per heavy atom. The lowest BCUT2D eigenvalue weighted by molar-refractivity contribution is -0.128. The van der Waals surface area contributed by atoms with Crippen molar-refractivity contribution in [2.75, 3.05) is 7.11 Å². The molecule has 0 aromatic heterocycles. The molecule has 138 valence electrons. The monoisotopic (exact) mass is 360 g/mol. The van der Waals surface area contributed by atoms with E-state index >= 15 is 0 Å². The molecule has 0 aliphatic carbocycles.